The van der Waals surface area contributed by atoms with E-state index in [0.717, 1.165) is 0 Å². The molecule has 0 saturated carbocycles. The number of halogens is 1. The van der Waals surface area contributed by atoms with Crippen LogP contribution in [0.2, 0.25) is 0 Å². The third-order valence-electron chi connectivity index (χ3n) is 1.90. The minimum Gasteiger partial charge on any atom is -0.0598 e. The molecule has 0 saturated heterocycles. The summed E-state index contributed by atoms with van der Waals surface area (Å²) in [7, 11) is -2.45. The third-order valence-corrected chi connectivity index (χ3v) is 2.73. The second-order valence-electron chi connectivity index (χ2n) is 3.77. The van der Waals surface area contributed by atoms with E-state index >= 15 is 0 Å². The third kappa shape index (κ3) is 3.94. The molecular formula is C7H15FOP+. The second-order valence-corrected chi connectivity index (χ2v) is 4.77. The first-order chi connectivity index (χ1) is 4.34. The van der Waals surface area contributed by atoms with Gasteiger partial charge in [0, 0.05) is 5.92 Å². The zero-order valence-electron chi connectivity index (χ0n) is 7.02. The summed E-state index contributed by atoms with van der Waals surface area (Å²) in [5.41, 5.74) is 0.0666. The van der Waals surface area contributed by atoms with Gasteiger partial charge in [0.1, 0.15) is 0 Å². The quantitative estimate of drug-likeness (QED) is 0.573. The Kier molecular flexibility index (Phi) is 3.44. The van der Waals surface area contributed by atoms with Gasteiger partial charge in [-0.25, -0.2) is 0 Å². The number of hydrogen-bond acceptors (Lipinski definition) is 1. The molecule has 2 unspecified atom stereocenters. The van der Waals surface area contributed by atoms with E-state index in [4.69, 9.17) is 0 Å². The predicted octanol–water partition coefficient (Wildman–Crippen LogP) is 3.38. The van der Waals surface area contributed by atoms with Crippen molar-refractivity contribution in [3.63, 3.8) is 0 Å². The first-order valence-corrected chi connectivity index (χ1v) is 4.78. The van der Waals surface area contributed by atoms with Gasteiger partial charge in [0.05, 0.1) is 4.20 Å². The lowest BCUT2D eigenvalue weighted by molar-refractivity contribution is 0.284. The fraction of sp³-hybridized carbons (Fsp3) is 1.00. The Morgan fingerprint density at radius 2 is 1.90 bits per heavy atom. The molecule has 0 fully saturated rings. The number of rotatable bonds is 2. The van der Waals surface area contributed by atoms with Crippen molar-refractivity contribution in [3.8, 4) is 0 Å². The Morgan fingerprint density at radius 1 is 1.50 bits per heavy atom. The summed E-state index contributed by atoms with van der Waals surface area (Å²) in [6.07, 6.45) is 0.193. The van der Waals surface area contributed by atoms with Gasteiger partial charge in [-0.1, -0.05) is 27.7 Å². The van der Waals surface area contributed by atoms with Crippen molar-refractivity contribution < 1.29 is 8.76 Å². The van der Waals surface area contributed by atoms with E-state index in [1.54, 1.807) is 0 Å². The van der Waals surface area contributed by atoms with Crippen molar-refractivity contribution in [2.75, 3.05) is 6.16 Å². The topological polar surface area (TPSA) is 17.1 Å². The van der Waals surface area contributed by atoms with Crippen LogP contribution in [0, 0.1) is 11.3 Å². The molecule has 10 heavy (non-hydrogen) atoms. The van der Waals surface area contributed by atoms with Gasteiger partial charge in [0.15, 0.2) is 6.16 Å². The maximum atomic E-state index is 12.0. The van der Waals surface area contributed by atoms with Gasteiger partial charge in [-0.15, -0.1) is 0 Å². The van der Waals surface area contributed by atoms with E-state index in [1.165, 1.54) is 0 Å². The molecule has 0 aromatic carbocycles. The number of hydrogen-bond donors (Lipinski definition) is 0. The van der Waals surface area contributed by atoms with Gasteiger partial charge in [-0.2, -0.15) is 0 Å². The molecule has 3 heteroatoms. The van der Waals surface area contributed by atoms with Crippen molar-refractivity contribution >= 4 is 8.11 Å². The molecule has 0 aromatic rings. The van der Waals surface area contributed by atoms with Crippen molar-refractivity contribution in [3.05, 3.63) is 0 Å². The Labute approximate surface area is 62.9 Å². The highest BCUT2D eigenvalue weighted by atomic mass is 31.1. The minimum atomic E-state index is -2.45. The van der Waals surface area contributed by atoms with Crippen LogP contribution in [-0.2, 0) is 4.57 Å². The first kappa shape index (κ1) is 10.0. The molecule has 0 aliphatic heterocycles. The smallest absolute Gasteiger partial charge is 0.0598 e. The van der Waals surface area contributed by atoms with Crippen LogP contribution in [0.15, 0.2) is 0 Å². The van der Waals surface area contributed by atoms with E-state index in [2.05, 4.69) is 0 Å². The first-order valence-electron chi connectivity index (χ1n) is 3.44. The van der Waals surface area contributed by atoms with Crippen molar-refractivity contribution in [1.29, 1.82) is 0 Å². The minimum absolute atomic E-state index is 0.0666. The lowest BCUT2D eigenvalue weighted by atomic mass is 9.83. The average molecular weight is 165 g/mol. The van der Waals surface area contributed by atoms with Crippen molar-refractivity contribution in [2.45, 2.75) is 27.7 Å². The standard InChI is InChI=1S/C7H15FOP/c1-6(5-10(8)9)7(2,3)4/h6H,5H2,1-4H3/q+1. The highest BCUT2D eigenvalue weighted by Crippen LogP contribution is 2.34. The molecule has 60 valence electrons. The largest absolute Gasteiger partial charge is 0.558 e. The van der Waals surface area contributed by atoms with E-state index in [0.29, 0.717) is 0 Å². The van der Waals surface area contributed by atoms with E-state index in [9.17, 15) is 8.76 Å². The molecule has 0 spiro atoms. The Bertz CT molecular complexity index is 128. The van der Waals surface area contributed by atoms with Gasteiger partial charge in [0.25, 0.3) is 0 Å². The molecule has 2 atom stereocenters. The fourth-order valence-electron chi connectivity index (χ4n) is 0.489. The van der Waals surface area contributed by atoms with Crippen LogP contribution in [-0.4, -0.2) is 6.16 Å². The lowest BCUT2D eigenvalue weighted by Crippen LogP contribution is -2.18. The zero-order valence-corrected chi connectivity index (χ0v) is 7.91. The van der Waals surface area contributed by atoms with E-state index < -0.39 is 8.11 Å². The molecule has 0 heterocycles. The monoisotopic (exact) mass is 165 g/mol. The van der Waals surface area contributed by atoms with Gasteiger partial charge in [-0.05, 0) is 9.98 Å². The van der Waals surface area contributed by atoms with Crippen LogP contribution in [0.25, 0.3) is 0 Å². The van der Waals surface area contributed by atoms with Gasteiger partial charge < -0.3 is 0 Å². The van der Waals surface area contributed by atoms with Crippen LogP contribution in [0.4, 0.5) is 4.20 Å². The van der Waals surface area contributed by atoms with Gasteiger partial charge in [-0.3, -0.25) is 0 Å². The van der Waals surface area contributed by atoms with Gasteiger partial charge in [0.2, 0.25) is 0 Å². The Hall–Kier alpha value is 0.0300. The summed E-state index contributed by atoms with van der Waals surface area (Å²) in [6, 6.07) is 0. The second kappa shape index (κ2) is 3.43. The molecule has 0 amide bonds. The van der Waals surface area contributed by atoms with Crippen molar-refractivity contribution in [1.82, 2.24) is 0 Å². The van der Waals surface area contributed by atoms with E-state index in [-0.39, 0.29) is 17.5 Å². The average Bonchev–Trinajstić information content (AvgIpc) is 1.60. The van der Waals surface area contributed by atoms with Gasteiger partial charge >= 0.3 is 8.11 Å². The van der Waals surface area contributed by atoms with Crippen LogP contribution in [0.3, 0.4) is 0 Å². The highest BCUT2D eigenvalue weighted by Gasteiger charge is 2.28. The van der Waals surface area contributed by atoms with Crippen molar-refractivity contribution in [2.24, 2.45) is 11.3 Å². The molecular weight excluding hydrogens is 150 g/mol. The SMILES string of the molecule is CC(C[P+](=O)F)C(C)(C)C. The predicted molar refractivity (Wildman–Crippen MR) is 42.2 cm³/mol. The summed E-state index contributed by atoms with van der Waals surface area (Å²) < 4.78 is 22.2. The van der Waals surface area contributed by atoms with Crippen LogP contribution >= 0.6 is 8.11 Å². The highest BCUT2D eigenvalue weighted by molar-refractivity contribution is 7.38. The Morgan fingerprint density at radius 3 is 2.00 bits per heavy atom. The maximum Gasteiger partial charge on any atom is 0.558 e. The zero-order chi connectivity index (χ0) is 8.36. The summed E-state index contributed by atoms with van der Waals surface area (Å²) in [4.78, 5) is 0. The molecule has 0 aliphatic carbocycles. The fourth-order valence-corrected chi connectivity index (χ4v) is 1.47. The van der Waals surface area contributed by atoms with E-state index in [1.807, 2.05) is 27.7 Å². The molecule has 0 N–H and O–H groups in total. The molecule has 1 nitrogen and oxygen atoms in total. The lowest BCUT2D eigenvalue weighted by Gasteiger charge is -2.22. The molecule has 0 aromatic heterocycles. The van der Waals surface area contributed by atoms with Crippen LogP contribution in [0.5, 0.6) is 0 Å². The molecule has 0 radical (unpaired) electrons. The molecule has 0 rings (SSSR count). The normalized spacial score (nSPS) is 16.7. The summed E-state index contributed by atoms with van der Waals surface area (Å²) in [6.45, 7) is 8.00. The van der Waals surface area contributed by atoms with Crippen LogP contribution in [0.1, 0.15) is 27.7 Å². The summed E-state index contributed by atoms with van der Waals surface area (Å²) >= 11 is 0. The summed E-state index contributed by atoms with van der Waals surface area (Å²) in [5.74, 6) is 0.182. The summed E-state index contributed by atoms with van der Waals surface area (Å²) in [5, 5.41) is 0. The molecule has 0 bridgehead atoms. The van der Waals surface area contributed by atoms with Crippen LogP contribution < -0.4 is 0 Å². The molecule has 0 aliphatic rings. The maximum absolute atomic E-state index is 12.0. The Balaban J connectivity index is 3.85.